The number of anilines is 2. The average molecular weight is 256 g/mol. The summed E-state index contributed by atoms with van der Waals surface area (Å²) in [6.45, 7) is 0. The van der Waals surface area contributed by atoms with Crippen LogP contribution in [0.15, 0.2) is 6.20 Å². The van der Waals surface area contributed by atoms with Crippen LogP contribution in [0.4, 0.5) is 16.2 Å². The van der Waals surface area contributed by atoms with Gasteiger partial charge in [0.2, 0.25) is 5.95 Å². The molecule has 1 aromatic rings. The van der Waals surface area contributed by atoms with Gasteiger partial charge >= 0.3 is 0 Å². The summed E-state index contributed by atoms with van der Waals surface area (Å²) in [4.78, 5) is 7.49. The molecule has 6 heteroatoms. The standard InChI is InChI=1S/C11H17FN4S/c1-17-8-4-2-7(3-5-8)15-10-9(12)6-14-11(13)16-10/h6-8H,2-5H2,1H3,(H3,13,14,15,16). The van der Waals surface area contributed by atoms with Crippen LogP contribution >= 0.6 is 11.8 Å². The molecule has 0 saturated heterocycles. The third-order valence-corrected chi connectivity index (χ3v) is 4.25. The number of nitrogens with zero attached hydrogens (tertiary/aromatic N) is 2. The minimum Gasteiger partial charge on any atom is -0.368 e. The summed E-state index contributed by atoms with van der Waals surface area (Å²) in [5, 5.41) is 3.86. The molecule has 3 N–H and O–H groups in total. The Labute approximate surface area is 105 Å². The van der Waals surface area contributed by atoms with Crippen molar-refractivity contribution in [1.82, 2.24) is 9.97 Å². The third kappa shape index (κ3) is 3.21. The van der Waals surface area contributed by atoms with Gasteiger partial charge in [-0.2, -0.15) is 16.7 Å². The van der Waals surface area contributed by atoms with Crippen molar-refractivity contribution in [3.63, 3.8) is 0 Å². The van der Waals surface area contributed by atoms with E-state index in [0.717, 1.165) is 24.3 Å². The normalized spacial score (nSPS) is 24.6. The first kappa shape index (κ1) is 12.4. The number of nitrogens with two attached hydrogens (primary N) is 1. The lowest BCUT2D eigenvalue weighted by molar-refractivity contribution is 0.469. The fourth-order valence-electron chi connectivity index (χ4n) is 2.12. The highest BCUT2D eigenvalue weighted by Crippen LogP contribution is 2.28. The topological polar surface area (TPSA) is 63.8 Å². The lowest BCUT2D eigenvalue weighted by Gasteiger charge is -2.28. The van der Waals surface area contributed by atoms with Crippen LogP contribution in [0, 0.1) is 5.82 Å². The predicted octanol–water partition coefficient (Wildman–Crippen LogP) is 2.28. The van der Waals surface area contributed by atoms with E-state index in [0.29, 0.717) is 6.04 Å². The van der Waals surface area contributed by atoms with Gasteiger partial charge in [-0.15, -0.1) is 0 Å². The number of aromatic nitrogens is 2. The Kier molecular flexibility index (Phi) is 4.04. The van der Waals surface area contributed by atoms with Gasteiger partial charge in [0, 0.05) is 11.3 Å². The van der Waals surface area contributed by atoms with Gasteiger partial charge in [-0.3, -0.25) is 0 Å². The fourth-order valence-corrected chi connectivity index (χ4v) is 2.86. The molecule has 4 nitrogen and oxygen atoms in total. The van der Waals surface area contributed by atoms with Crippen molar-refractivity contribution in [3.8, 4) is 0 Å². The van der Waals surface area contributed by atoms with Crippen molar-refractivity contribution in [2.75, 3.05) is 17.3 Å². The molecule has 1 fully saturated rings. The molecular weight excluding hydrogens is 239 g/mol. The molecule has 0 spiro atoms. The van der Waals surface area contributed by atoms with Gasteiger partial charge in [0.25, 0.3) is 0 Å². The fraction of sp³-hybridized carbons (Fsp3) is 0.636. The van der Waals surface area contributed by atoms with E-state index in [1.165, 1.54) is 12.8 Å². The molecule has 1 aliphatic rings. The van der Waals surface area contributed by atoms with Gasteiger partial charge < -0.3 is 11.1 Å². The summed E-state index contributed by atoms with van der Waals surface area (Å²) in [5.41, 5.74) is 5.44. The molecule has 0 amide bonds. The Balaban J connectivity index is 1.95. The lowest BCUT2D eigenvalue weighted by Crippen LogP contribution is -2.28. The number of nitrogens with one attached hydrogen (secondary N) is 1. The van der Waals surface area contributed by atoms with E-state index < -0.39 is 5.82 Å². The van der Waals surface area contributed by atoms with Gasteiger partial charge in [0.1, 0.15) is 0 Å². The Morgan fingerprint density at radius 3 is 2.76 bits per heavy atom. The molecule has 0 bridgehead atoms. The van der Waals surface area contributed by atoms with Crippen molar-refractivity contribution in [3.05, 3.63) is 12.0 Å². The van der Waals surface area contributed by atoms with E-state index in [1.54, 1.807) is 0 Å². The van der Waals surface area contributed by atoms with Crippen LogP contribution in [0.5, 0.6) is 0 Å². The molecule has 17 heavy (non-hydrogen) atoms. The van der Waals surface area contributed by atoms with Crippen LogP contribution in [0.3, 0.4) is 0 Å². The third-order valence-electron chi connectivity index (χ3n) is 3.11. The highest BCUT2D eigenvalue weighted by Gasteiger charge is 2.21. The van der Waals surface area contributed by atoms with Gasteiger partial charge in [-0.25, -0.2) is 9.37 Å². The van der Waals surface area contributed by atoms with Crippen molar-refractivity contribution in [1.29, 1.82) is 0 Å². The summed E-state index contributed by atoms with van der Waals surface area (Å²) >= 11 is 1.91. The van der Waals surface area contributed by atoms with Gasteiger partial charge in [0.05, 0.1) is 6.20 Å². The largest absolute Gasteiger partial charge is 0.368 e. The molecule has 2 rings (SSSR count). The van der Waals surface area contributed by atoms with E-state index in [9.17, 15) is 4.39 Å². The van der Waals surface area contributed by atoms with Crippen LogP contribution in [-0.2, 0) is 0 Å². The smallest absolute Gasteiger partial charge is 0.222 e. The monoisotopic (exact) mass is 256 g/mol. The number of hydrogen-bond acceptors (Lipinski definition) is 5. The number of thioether (sulfide) groups is 1. The molecular formula is C11H17FN4S. The zero-order chi connectivity index (χ0) is 12.3. The quantitative estimate of drug-likeness (QED) is 0.868. The summed E-state index contributed by atoms with van der Waals surface area (Å²) in [6.07, 6.45) is 7.69. The SMILES string of the molecule is CSC1CCC(Nc2nc(N)ncc2F)CC1. The molecule has 1 aliphatic carbocycles. The van der Waals surface area contributed by atoms with Crippen LogP contribution in [0.1, 0.15) is 25.7 Å². The molecule has 0 aliphatic heterocycles. The summed E-state index contributed by atoms with van der Waals surface area (Å²) in [7, 11) is 0. The van der Waals surface area contributed by atoms with Crippen LogP contribution in [0.2, 0.25) is 0 Å². The summed E-state index contributed by atoms with van der Waals surface area (Å²) in [6, 6.07) is 0.294. The predicted molar refractivity (Wildman–Crippen MR) is 69.6 cm³/mol. The highest BCUT2D eigenvalue weighted by atomic mass is 32.2. The Morgan fingerprint density at radius 1 is 1.41 bits per heavy atom. The van der Waals surface area contributed by atoms with Crippen molar-refractivity contribution in [2.45, 2.75) is 37.0 Å². The second-order valence-electron chi connectivity index (χ2n) is 4.28. The molecule has 1 saturated carbocycles. The van der Waals surface area contributed by atoms with Crippen LogP contribution in [-0.4, -0.2) is 27.5 Å². The van der Waals surface area contributed by atoms with E-state index in [-0.39, 0.29) is 11.8 Å². The first-order valence-electron chi connectivity index (χ1n) is 5.76. The number of hydrogen-bond donors (Lipinski definition) is 2. The average Bonchev–Trinajstić information content (AvgIpc) is 2.35. The lowest BCUT2D eigenvalue weighted by atomic mass is 9.95. The molecule has 1 aromatic heterocycles. The Morgan fingerprint density at radius 2 is 2.12 bits per heavy atom. The summed E-state index contributed by atoms with van der Waals surface area (Å²) in [5.74, 6) is -0.108. The van der Waals surface area contributed by atoms with Gasteiger partial charge in [0.15, 0.2) is 11.6 Å². The molecule has 0 unspecified atom stereocenters. The Hall–Kier alpha value is -1.04. The second kappa shape index (κ2) is 5.53. The maximum absolute atomic E-state index is 13.4. The zero-order valence-corrected chi connectivity index (χ0v) is 10.6. The maximum Gasteiger partial charge on any atom is 0.222 e. The van der Waals surface area contributed by atoms with E-state index >= 15 is 0 Å². The first-order valence-corrected chi connectivity index (χ1v) is 7.05. The van der Waals surface area contributed by atoms with E-state index in [1.807, 2.05) is 11.8 Å². The maximum atomic E-state index is 13.4. The minimum absolute atomic E-state index is 0.103. The van der Waals surface area contributed by atoms with Crippen LogP contribution in [0.25, 0.3) is 0 Å². The Bertz CT molecular complexity index is 380. The molecule has 0 aromatic carbocycles. The van der Waals surface area contributed by atoms with Crippen LogP contribution < -0.4 is 11.1 Å². The van der Waals surface area contributed by atoms with Crippen molar-refractivity contribution < 1.29 is 4.39 Å². The van der Waals surface area contributed by atoms with Crippen molar-refractivity contribution >= 4 is 23.5 Å². The molecule has 0 atom stereocenters. The second-order valence-corrected chi connectivity index (χ2v) is 5.42. The highest BCUT2D eigenvalue weighted by molar-refractivity contribution is 7.99. The van der Waals surface area contributed by atoms with Crippen molar-refractivity contribution in [2.24, 2.45) is 0 Å². The number of nitrogen functional groups attached to an aromatic ring is 1. The number of rotatable bonds is 3. The zero-order valence-electron chi connectivity index (χ0n) is 9.82. The number of halogens is 1. The molecule has 1 heterocycles. The van der Waals surface area contributed by atoms with E-state index in [4.69, 9.17) is 5.73 Å². The van der Waals surface area contributed by atoms with Gasteiger partial charge in [-0.1, -0.05) is 0 Å². The summed E-state index contributed by atoms with van der Waals surface area (Å²) < 4.78 is 13.4. The first-order chi connectivity index (χ1) is 8.19. The molecule has 94 valence electrons. The minimum atomic E-state index is -0.439. The molecule has 0 radical (unpaired) electrons. The van der Waals surface area contributed by atoms with E-state index in [2.05, 4.69) is 21.5 Å². The van der Waals surface area contributed by atoms with Gasteiger partial charge in [-0.05, 0) is 31.9 Å².